The van der Waals surface area contributed by atoms with E-state index in [0.717, 1.165) is 55.1 Å². The van der Waals surface area contributed by atoms with Crippen molar-refractivity contribution >= 4 is 46.0 Å². The molecule has 1 aromatic heterocycles. The highest BCUT2D eigenvalue weighted by Crippen LogP contribution is 2.32. The molecule has 4 rings (SSSR count). The number of hydrogen-bond donors (Lipinski definition) is 4. The molecule has 0 aliphatic carbocycles. The summed E-state index contributed by atoms with van der Waals surface area (Å²) < 4.78 is 37.9. The van der Waals surface area contributed by atoms with Gasteiger partial charge in [0.05, 0.1) is 97.1 Å². The zero-order valence-corrected chi connectivity index (χ0v) is 31.9. The average molecular weight is 775 g/mol. The van der Waals surface area contributed by atoms with E-state index in [2.05, 4.69) is 42.5 Å². The highest BCUT2D eigenvalue weighted by Gasteiger charge is 2.18. The molecule has 0 spiro atoms. The number of hydrogen-bond acceptors (Lipinski definition) is 13. The lowest BCUT2D eigenvalue weighted by molar-refractivity contribution is -0.122. The fourth-order valence-electron chi connectivity index (χ4n) is 5.51. The lowest BCUT2D eigenvalue weighted by Gasteiger charge is -2.36. The molecule has 298 valence electrons. The average Bonchev–Trinajstić information content (AvgIpc) is 3.17. The Labute approximate surface area is 322 Å². The van der Waals surface area contributed by atoms with Crippen LogP contribution in [0, 0.1) is 5.41 Å². The number of nitrogens with two attached hydrogens (primary N) is 1. The number of methoxy groups -OCH3 is 1. The van der Waals surface area contributed by atoms with Crippen molar-refractivity contribution in [2.75, 3.05) is 142 Å². The van der Waals surface area contributed by atoms with Gasteiger partial charge in [0.2, 0.25) is 11.9 Å². The van der Waals surface area contributed by atoms with E-state index < -0.39 is 0 Å². The maximum absolute atomic E-state index is 11.9. The molecule has 1 fully saturated rings. The number of guanidine groups is 1. The first-order valence-corrected chi connectivity index (χ1v) is 18.7. The molecule has 54 heavy (non-hydrogen) atoms. The van der Waals surface area contributed by atoms with E-state index in [9.17, 15) is 4.79 Å². The van der Waals surface area contributed by atoms with Gasteiger partial charge >= 0.3 is 0 Å². The minimum atomic E-state index is -0.230. The standard InChI is InChI=1S/C37H55ClN8O8/c1-48-17-18-52-25-26-53-22-19-49-14-7-34(47)41-8-15-50-20-23-54-24-21-51-16-13-45-9-11-46(12-10-45)31-4-2-3-29(27-31)35-32-28-30(38)5-6-33(32)42-37(43-35)44-36(39)40/h2-6,27-28H,7-26H2,1H3,(H,41,47)(H4,39,40,42,43,44). The summed E-state index contributed by atoms with van der Waals surface area (Å²) in [5.74, 6) is -0.0458. The van der Waals surface area contributed by atoms with Gasteiger partial charge in [-0.1, -0.05) is 23.7 Å². The molecule has 1 aliphatic heterocycles. The van der Waals surface area contributed by atoms with Crippen LogP contribution < -0.4 is 21.3 Å². The number of halogens is 1. The summed E-state index contributed by atoms with van der Waals surface area (Å²) in [7, 11) is 1.63. The second-order valence-electron chi connectivity index (χ2n) is 12.2. The highest BCUT2D eigenvalue weighted by molar-refractivity contribution is 6.31. The molecule has 0 saturated carbocycles. The summed E-state index contributed by atoms with van der Waals surface area (Å²) in [6.07, 6.45) is 0.290. The van der Waals surface area contributed by atoms with Crippen molar-refractivity contribution in [3.8, 4) is 11.3 Å². The molecule has 1 saturated heterocycles. The molecule has 16 nitrogen and oxygen atoms in total. The van der Waals surface area contributed by atoms with E-state index in [1.807, 2.05) is 24.3 Å². The van der Waals surface area contributed by atoms with Crippen molar-refractivity contribution < 1.29 is 38.0 Å². The van der Waals surface area contributed by atoms with Gasteiger partial charge in [-0.2, -0.15) is 0 Å². The minimum Gasteiger partial charge on any atom is -0.382 e. The van der Waals surface area contributed by atoms with E-state index >= 15 is 0 Å². The number of carbonyl (C=O) groups excluding carboxylic acids is 1. The van der Waals surface area contributed by atoms with Crippen LogP contribution in [0.4, 0.5) is 11.6 Å². The molecule has 5 N–H and O–H groups in total. The number of nitrogens with zero attached hydrogens (tertiary/aromatic N) is 4. The Hall–Kier alpha value is -3.71. The summed E-state index contributed by atoms with van der Waals surface area (Å²) in [5.41, 5.74) is 9.02. The van der Waals surface area contributed by atoms with Crippen LogP contribution in [0.5, 0.6) is 0 Å². The van der Waals surface area contributed by atoms with Crippen LogP contribution in [0.1, 0.15) is 6.42 Å². The Balaban J connectivity index is 0.991. The molecule has 3 aromatic rings. The van der Waals surface area contributed by atoms with E-state index in [4.69, 9.17) is 55.9 Å². The number of carbonyl (C=O) groups is 1. The summed E-state index contributed by atoms with van der Waals surface area (Å²) in [6, 6.07) is 13.8. The van der Waals surface area contributed by atoms with E-state index in [-0.39, 0.29) is 17.8 Å². The first-order valence-electron chi connectivity index (χ1n) is 18.3. The predicted molar refractivity (Wildman–Crippen MR) is 209 cm³/mol. The molecule has 0 radical (unpaired) electrons. The quantitative estimate of drug-likeness (QED) is 0.0503. The van der Waals surface area contributed by atoms with Crippen LogP contribution in [-0.2, 0) is 38.0 Å². The fraction of sp³-hybridized carbons (Fsp3) is 0.568. The first-order chi connectivity index (χ1) is 26.4. The van der Waals surface area contributed by atoms with Gasteiger partial charge < -0.3 is 49.1 Å². The van der Waals surface area contributed by atoms with E-state index in [1.54, 1.807) is 13.2 Å². The topological polar surface area (TPSA) is 188 Å². The molecule has 2 aromatic carbocycles. The highest BCUT2D eigenvalue weighted by atomic mass is 35.5. The van der Waals surface area contributed by atoms with E-state index in [1.165, 1.54) is 0 Å². The van der Waals surface area contributed by atoms with Crippen LogP contribution in [0.15, 0.2) is 42.5 Å². The van der Waals surface area contributed by atoms with Gasteiger partial charge in [0.1, 0.15) is 0 Å². The lowest BCUT2D eigenvalue weighted by Crippen LogP contribution is -2.47. The van der Waals surface area contributed by atoms with Gasteiger partial charge in [0.15, 0.2) is 5.96 Å². The first kappa shape index (κ1) is 43.0. The maximum Gasteiger partial charge on any atom is 0.230 e. The van der Waals surface area contributed by atoms with Crippen molar-refractivity contribution in [2.24, 2.45) is 5.73 Å². The summed E-state index contributed by atoms with van der Waals surface area (Å²) >= 11 is 6.33. The van der Waals surface area contributed by atoms with Crippen molar-refractivity contribution in [3.63, 3.8) is 0 Å². The summed E-state index contributed by atoms with van der Waals surface area (Å²) in [4.78, 5) is 25.8. The number of anilines is 2. The van der Waals surface area contributed by atoms with Gasteiger partial charge in [-0.15, -0.1) is 0 Å². The third-order valence-corrected chi connectivity index (χ3v) is 8.51. The van der Waals surface area contributed by atoms with Crippen molar-refractivity contribution in [3.05, 3.63) is 47.5 Å². The van der Waals surface area contributed by atoms with Gasteiger partial charge in [0, 0.05) is 74.5 Å². The van der Waals surface area contributed by atoms with Crippen LogP contribution in [0.3, 0.4) is 0 Å². The van der Waals surface area contributed by atoms with Gasteiger partial charge in [-0.25, -0.2) is 9.97 Å². The normalized spacial score (nSPS) is 13.4. The second-order valence-corrected chi connectivity index (χ2v) is 12.7. The van der Waals surface area contributed by atoms with Crippen LogP contribution >= 0.6 is 11.6 Å². The number of fused-ring (bicyclic) bond motifs is 1. The maximum atomic E-state index is 11.9. The third-order valence-electron chi connectivity index (χ3n) is 8.27. The molecule has 17 heteroatoms. The zero-order valence-electron chi connectivity index (χ0n) is 31.2. The molecule has 0 atom stereocenters. The van der Waals surface area contributed by atoms with Gasteiger partial charge in [-0.3, -0.25) is 20.4 Å². The number of aromatic nitrogens is 2. The largest absolute Gasteiger partial charge is 0.382 e. The molecule has 0 bridgehead atoms. The number of amides is 1. The molecular formula is C37H55ClN8O8. The molecule has 2 heterocycles. The number of benzene rings is 2. The number of piperazine rings is 1. The van der Waals surface area contributed by atoms with Crippen molar-refractivity contribution in [1.82, 2.24) is 20.2 Å². The van der Waals surface area contributed by atoms with Gasteiger partial charge in [-0.05, 0) is 30.3 Å². The minimum absolute atomic E-state index is 0.0776. The van der Waals surface area contributed by atoms with Crippen LogP contribution in [-0.4, -0.2) is 159 Å². The Morgan fingerprint density at radius 2 is 1.43 bits per heavy atom. The van der Waals surface area contributed by atoms with E-state index in [0.29, 0.717) is 109 Å². The fourth-order valence-corrected chi connectivity index (χ4v) is 5.68. The number of rotatable bonds is 27. The number of ether oxygens (including phenoxy) is 7. The molecular weight excluding hydrogens is 720 g/mol. The second kappa shape index (κ2) is 25.4. The summed E-state index contributed by atoms with van der Waals surface area (Å²) in [5, 5.41) is 14.6. The van der Waals surface area contributed by atoms with Crippen molar-refractivity contribution in [1.29, 1.82) is 5.41 Å². The monoisotopic (exact) mass is 774 g/mol. The summed E-state index contributed by atoms with van der Waals surface area (Å²) in [6.45, 7) is 11.3. The SMILES string of the molecule is COCCOCCOCCOCCC(=O)NCCOCCOCCOCCN1CCN(c2cccc(-c3nc(NC(=N)N)nc4ccc(Cl)cc34)c2)CC1. The number of nitrogens with one attached hydrogen (secondary N) is 3. The molecule has 1 aliphatic rings. The lowest BCUT2D eigenvalue weighted by atomic mass is 10.1. The van der Waals surface area contributed by atoms with Gasteiger partial charge in [0.25, 0.3) is 0 Å². The zero-order chi connectivity index (χ0) is 38.2. The smallest absolute Gasteiger partial charge is 0.230 e. The predicted octanol–water partition coefficient (Wildman–Crippen LogP) is 2.63. The van der Waals surface area contributed by atoms with Crippen molar-refractivity contribution in [2.45, 2.75) is 6.42 Å². The Bertz CT molecular complexity index is 1550. The molecule has 1 amide bonds. The Morgan fingerprint density at radius 1 is 0.796 bits per heavy atom. The third kappa shape index (κ3) is 16.3. The Morgan fingerprint density at radius 3 is 2.09 bits per heavy atom. The van der Waals surface area contributed by atoms with Crippen LogP contribution in [0.2, 0.25) is 5.02 Å². The van der Waals surface area contributed by atoms with Crippen LogP contribution in [0.25, 0.3) is 22.2 Å². The Kier molecular flexibility index (Phi) is 20.2. The molecule has 0 unspecified atom stereocenters.